The van der Waals surface area contributed by atoms with Crippen LogP contribution in [0.15, 0.2) is 27.8 Å². The lowest BCUT2D eigenvalue weighted by Crippen LogP contribution is -2.42. The summed E-state index contributed by atoms with van der Waals surface area (Å²) in [5.74, 6) is -1.10. The van der Waals surface area contributed by atoms with Gasteiger partial charge in [0.2, 0.25) is 5.91 Å². The third-order valence-corrected chi connectivity index (χ3v) is 3.10. The first kappa shape index (κ1) is 14.4. The van der Waals surface area contributed by atoms with Crippen molar-refractivity contribution >= 4 is 33.4 Å². The molecule has 0 aromatic heterocycles. The summed E-state index contributed by atoms with van der Waals surface area (Å²) in [7, 11) is 0. The fourth-order valence-electron chi connectivity index (χ4n) is 1.10. The van der Waals surface area contributed by atoms with Gasteiger partial charge in [-0.05, 0) is 48.0 Å². The molecule has 5 nitrogen and oxygen atoms in total. The highest BCUT2D eigenvalue weighted by atomic mass is 79.9. The number of oxime groups is 1. The van der Waals surface area contributed by atoms with E-state index in [9.17, 15) is 9.18 Å². The van der Waals surface area contributed by atoms with E-state index in [0.717, 1.165) is 0 Å². The average Bonchev–Trinajstić information content (AvgIpc) is 2.32. The van der Waals surface area contributed by atoms with E-state index < -0.39 is 17.1 Å². The quantitative estimate of drug-likeness (QED) is 0.346. The largest absolute Gasteiger partial charge is 0.409 e. The molecule has 0 saturated heterocycles. The lowest BCUT2D eigenvalue weighted by atomic mass is 9.91. The Kier molecular flexibility index (Phi) is 4.28. The van der Waals surface area contributed by atoms with Crippen molar-refractivity contribution in [2.45, 2.75) is 13.8 Å². The van der Waals surface area contributed by atoms with Gasteiger partial charge in [0.05, 0.1) is 4.47 Å². The molecule has 0 fully saturated rings. The number of benzene rings is 1. The number of anilines is 1. The van der Waals surface area contributed by atoms with Crippen molar-refractivity contribution in [3.05, 3.63) is 28.5 Å². The van der Waals surface area contributed by atoms with E-state index in [0.29, 0.717) is 5.69 Å². The van der Waals surface area contributed by atoms with Crippen LogP contribution >= 0.6 is 15.9 Å². The Balaban J connectivity index is 2.91. The smallest absolute Gasteiger partial charge is 0.237 e. The van der Waals surface area contributed by atoms with Crippen LogP contribution in [0.2, 0.25) is 0 Å². The summed E-state index contributed by atoms with van der Waals surface area (Å²) >= 11 is 3.01. The summed E-state index contributed by atoms with van der Waals surface area (Å²) < 4.78 is 13.3. The normalized spacial score (nSPS) is 12.3. The van der Waals surface area contributed by atoms with Gasteiger partial charge in [-0.3, -0.25) is 4.79 Å². The number of carbonyl (C=O) groups excluding carboxylic acids is 1. The molecule has 0 atom stereocenters. The van der Waals surface area contributed by atoms with Crippen LogP contribution in [0, 0.1) is 11.2 Å². The van der Waals surface area contributed by atoms with Crippen LogP contribution in [0.5, 0.6) is 0 Å². The molecule has 1 rings (SSSR count). The molecule has 7 heteroatoms. The fourth-order valence-corrected chi connectivity index (χ4v) is 1.48. The number of amidine groups is 1. The number of hydrogen-bond acceptors (Lipinski definition) is 3. The molecule has 0 saturated carbocycles. The molecule has 18 heavy (non-hydrogen) atoms. The Labute approximate surface area is 112 Å². The first-order valence-corrected chi connectivity index (χ1v) is 5.83. The Morgan fingerprint density at radius 1 is 1.56 bits per heavy atom. The van der Waals surface area contributed by atoms with Gasteiger partial charge in [-0.25, -0.2) is 4.39 Å². The molecular weight excluding hydrogens is 305 g/mol. The lowest BCUT2D eigenvalue weighted by Gasteiger charge is -2.21. The molecule has 0 aliphatic heterocycles. The summed E-state index contributed by atoms with van der Waals surface area (Å²) in [6, 6.07) is 4.06. The SMILES string of the molecule is CC(C)(C(=O)Nc1ccc(F)c(Br)c1)/C(N)=N/O. The van der Waals surface area contributed by atoms with E-state index in [-0.39, 0.29) is 10.3 Å². The molecular formula is C11H13BrFN3O2. The van der Waals surface area contributed by atoms with Crippen molar-refractivity contribution in [3.63, 3.8) is 0 Å². The second-order valence-corrected chi connectivity index (χ2v) is 5.05. The first-order chi connectivity index (χ1) is 8.28. The maximum absolute atomic E-state index is 13.0. The molecule has 1 amide bonds. The Morgan fingerprint density at radius 2 is 2.17 bits per heavy atom. The first-order valence-electron chi connectivity index (χ1n) is 5.03. The van der Waals surface area contributed by atoms with Crippen molar-refractivity contribution < 1.29 is 14.4 Å². The molecule has 1 aromatic rings. The van der Waals surface area contributed by atoms with E-state index in [2.05, 4.69) is 26.4 Å². The molecule has 1 aromatic carbocycles. The van der Waals surface area contributed by atoms with Crippen molar-refractivity contribution in [2.24, 2.45) is 16.3 Å². The number of amides is 1. The highest BCUT2D eigenvalue weighted by Gasteiger charge is 2.32. The number of halogens is 2. The lowest BCUT2D eigenvalue weighted by molar-refractivity contribution is -0.121. The molecule has 0 unspecified atom stereocenters. The van der Waals surface area contributed by atoms with E-state index in [1.54, 1.807) is 0 Å². The summed E-state index contributed by atoms with van der Waals surface area (Å²) in [6.07, 6.45) is 0. The standard InChI is InChI=1S/C11H13BrFN3O2/c1-11(2,9(14)16-18)10(17)15-6-3-4-8(13)7(12)5-6/h3-5,18H,1-2H3,(H2,14,16)(H,15,17). The molecule has 98 valence electrons. The number of nitrogens with two attached hydrogens (primary N) is 1. The maximum Gasteiger partial charge on any atom is 0.237 e. The highest BCUT2D eigenvalue weighted by Crippen LogP contribution is 2.23. The van der Waals surface area contributed by atoms with Gasteiger partial charge in [-0.1, -0.05) is 5.16 Å². The Bertz CT molecular complexity index is 503. The maximum atomic E-state index is 13.0. The number of carbonyl (C=O) groups is 1. The van der Waals surface area contributed by atoms with Gasteiger partial charge in [-0.2, -0.15) is 0 Å². The molecule has 4 N–H and O–H groups in total. The van der Waals surface area contributed by atoms with Crippen LogP contribution in [0.3, 0.4) is 0 Å². The van der Waals surface area contributed by atoms with Crippen LogP contribution in [0.4, 0.5) is 10.1 Å². The monoisotopic (exact) mass is 317 g/mol. The van der Waals surface area contributed by atoms with E-state index in [1.807, 2.05) is 0 Å². The minimum Gasteiger partial charge on any atom is -0.409 e. The molecule has 0 radical (unpaired) electrons. The van der Waals surface area contributed by atoms with E-state index >= 15 is 0 Å². The van der Waals surface area contributed by atoms with Gasteiger partial charge < -0.3 is 16.3 Å². The summed E-state index contributed by atoms with van der Waals surface area (Å²) in [4.78, 5) is 11.9. The zero-order chi connectivity index (χ0) is 13.9. The van der Waals surface area contributed by atoms with Gasteiger partial charge in [0.25, 0.3) is 0 Å². The second kappa shape index (κ2) is 5.34. The van der Waals surface area contributed by atoms with Crippen molar-refractivity contribution in [1.82, 2.24) is 0 Å². The number of hydrogen-bond donors (Lipinski definition) is 3. The van der Waals surface area contributed by atoms with Crippen LogP contribution in [0.25, 0.3) is 0 Å². The van der Waals surface area contributed by atoms with Gasteiger partial charge in [0, 0.05) is 5.69 Å². The van der Waals surface area contributed by atoms with E-state index in [1.165, 1.54) is 32.0 Å². The predicted octanol–water partition coefficient (Wildman–Crippen LogP) is 2.30. The topological polar surface area (TPSA) is 87.7 Å². The van der Waals surface area contributed by atoms with Crippen molar-refractivity contribution in [3.8, 4) is 0 Å². The van der Waals surface area contributed by atoms with Crippen LogP contribution in [-0.4, -0.2) is 17.0 Å². The van der Waals surface area contributed by atoms with E-state index in [4.69, 9.17) is 10.9 Å². The third kappa shape index (κ3) is 2.98. The van der Waals surface area contributed by atoms with Gasteiger partial charge in [0.1, 0.15) is 11.2 Å². The number of rotatable bonds is 3. The summed E-state index contributed by atoms with van der Waals surface area (Å²) in [5.41, 5.74) is 4.67. The van der Waals surface area contributed by atoms with Crippen LogP contribution in [0.1, 0.15) is 13.8 Å². The minimum atomic E-state index is -1.17. The fraction of sp³-hybridized carbons (Fsp3) is 0.273. The second-order valence-electron chi connectivity index (χ2n) is 4.19. The molecule has 0 aliphatic carbocycles. The van der Waals surface area contributed by atoms with Gasteiger partial charge >= 0.3 is 0 Å². The van der Waals surface area contributed by atoms with Gasteiger partial charge in [-0.15, -0.1) is 0 Å². The molecule has 0 heterocycles. The predicted molar refractivity (Wildman–Crippen MR) is 69.9 cm³/mol. The molecule has 0 aliphatic rings. The number of nitrogens with zero attached hydrogens (tertiary/aromatic N) is 1. The minimum absolute atomic E-state index is 0.207. The van der Waals surface area contributed by atoms with Crippen molar-refractivity contribution in [2.75, 3.05) is 5.32 Å². The number of nitrogens with one attached hydrogen (secondary N) is 1. The Hall–Kier alpha value is -1.63. The van der Waals surface area contributed by atoms with Crippen LogP contribution < -0.4 is 11.1 Å². The molecule has 0 spiro atoms. The van der Waals surface area contributed by atoms with Crippen LogP contribution in [-0.2, 0) is 4.79 Å². The zero-order valence-corrected chi connectivity index (χ0v) is 11.5. The van der Waals surface area contributed by atoms with Gasteiger partial charge in [0.15, 0.2) is 5.84 Å². The third-order valence-electron chi connectivity index (χ3n) is 2.49. The molecule has 0 bridgehead atoms. The Morgan fingerprint density at radius 3 is 2.67 bits per heavy atom. The van der Waals surface area contributed by atoms with Crippen molar-refractivity contribution in [1.29, 1.82) is 0 Å². The zero-order valence-electron chi connectivity index (χ0n) is 9.87. The summed E-state index contributed by atoms with van der Waals surface area (Å²) in [6.45, 7) is 3.02. The average molecular weight is 318 g/mol. The highest BCUT2D eigenvalue weighted by molar-refractivity contribution is 9.10. The summed E-state index contributed by atoms with van der Waals surface area (Å²) in [5, 5.41) is 14.0.